The number of benzene rings is 1. The Kier molecular flexibility index (Phi) is 4.51. The molecule has 1 aliphatic rings. The molecule has 5 heteroatoms. The van der Waals surface area contributed by atoms with Crippen LogP contribution in [0.25, 0.3) is 11.4 Å². The second-order valence-corrected chi connectivity index (χ2v) is 5.67. The average molecular weight is 299 g/mol. The zero-order chi connectivity index (χ0) is 15.4. The van der Waals surface area contributed by atoms with E-state index in [2.05, 4.69) is 17.1 Å². The van der Waals surface area contributed by atoms with Gasteiger partial charge >= 0.3 is 0 Å². The van der Waals surface area contributed by atoms with Crippen LogP contribution in [0.1, 0.15) is 51.0 Å². The van der Waals surface area contributed by atoms with Crippen molar-refractivity contribution in [2.45, 2.75) is 45.1 Å². The molecule has 0 bridgehead atoms. The summed E-state index contributed by atoms with van der Waals surface area (Å²) < 4.78 is 5.43. The lowest BCUT2D eigenvalue weighted by Crippen LogP contribution is -2.30. The standard InChI is InChI=1S/C17H21N3O2/c1-2-3-11-15(21)20-12-7-10-14(20)17-18-16(19-22-17)13-8-5-4-6-9-13/h4-6,8-9,14H,2-3,7,10-12H2,1H3/t14-/m1/s1. The SMILES string of the molecule is CCCCC(=O)N1CCC[C@@H]1c1nc(-c2ccccc2)no1. The van der Waals surface area contributed by atoms with Crippen LogP contribution in [0.4, 0.5) is 0 Å². The minimum atomic E-state index is -0.0608. The Morgan fingerprint density at radius 3 is 2.95 bits per heavy atom. The summed E-state index contributed by atoms with van der Waals surface area (Å²) >= 11 is 0. The molecule has 0 aliphatic carbocycles. The molecule has 0 radical (unpaired) electrons. The third kappa shape index (κ3) is 3.03. The molecule has 1 aromatic carbocycles. The smallest absolute Gasteiger partial charge is 0.249 e. The van der Waals surface area contributed by atoms with Gasteiger partial charge in [-0.05, 0) is 19.3 Å². The van der Waals surface area contributed by atoms with Crippen LogP contribution in [0.3, 0.4) is 0 Å². The van der Waals surface area contributed by atoms with E-state index in [1.165, 1.54) is 0 Å². The van der Waals surface area contributed by atoms with Gasteiger partial charge in [-0.3, -0.25) is 4.79 Å². The molecular formula is C17H21N3O2. The number of aromatic nitrogens is 2. The molecular weight excluding hydrogens is 278 g/mol. The lowest BCUT2D eigenvalue weighted by atomic mass is 10.2. The number of hydrogen-bond donors (Lipinski definition) is 0. The molecule has 0 unspecified atom stereocenters. The number of carbonyl (C=O) groups is 1. The first-order valence-corrected chi connectivity index (χ1v) is 7.98. The summed E-state index contributed by atoms with van der Waals surface area (Å²) in [5.41, 5.74) is 0.930. The molecule has 1 fully saturated rings. The molecule has 0 spiro atoms. The molecule has 0 saturated carbocycles. The van der Waals surface area contributed by atoms with Gasteiger partial charge in [-0.1, -0.05) is 48.8 Å². The lowest BCUT2D eigenvalue weighted by Gasteiger charge is -2.21. The Bertz CT molecular complexity index is 624. The van der Waals surface area contributed by atoms with Gasteiger partial charge < -0.3 is 9.42 Å². The van der Waals surface area contributed by atoms with Gasteiger partial charge in [0, 0.05) is 18.5 Å². The normalized spacial score (nSPS) is 17.9. The highest BCUT2D eigenvalue weighted by atomic mass is 16.5. The zero-order valence-electron chi connectivity index (χ0n) is 12.9. The van der Waals surface area contributed by atoms with Crippen LogP contribution in [0.5, 0.6) is 0 Å². The Morgan fingerprint density at radius 1 is 1.36 bits per heavy atom. The Balaban J connectivity index is 1.76. The molecule has 5 nitrogen and oxygen atoms in total. The average Bonchev–Trinajstić information content (AvgIpc) is 3.22. The fraction of sp³-hybridized carbons (Fsp3) is 0.471. The maximum absolute atomic E-state index is 12.3. The third-order valence-corrected chi connectivity index (χ3v) is 4.08. The van der Waals surface area contributed by atoms with Crippen molar-refractivity contribution in [3.05, 3.63) is 36.2 Å². The number of carbonyl (C=O) groups excluding carboxylic acids is 1. The van der Waals surface area contributed by atoms with Crippen LogP contribution in [0.15, 0.2) is 34.9 Å². The van der Waals surface area contributed by atoms with E-state index in [1.807, 2.05) is 35.2 Å². The number of amides is 1. The second kappa shape index (κ2) is 6.73. The van der Waals surface area contributed by atoms with E-state index in [1.54, 1.807) is 0 Å². The summed E-state index contributed by atoms with van der Waals surface area (Å²) in [4.78, 5) is 18.7. The van der Waals surface area contributed by atoms with Gasteiger partial charge in [0.25, 0.3) is 0 Å². The highest BCUT2D eigenvalue weighted by Crippen LogP contribution is 2.32. The molecule has 22 heavy (non-hydrogen) atoms. The predicted octanol–water partition coefficient (Wildman–Crippen LogP) is 3.59. The third-order valence-electron chi connectivity index (χ3n) is 4.08. The zero-order valence-corrected chi connectivity index (χ0v) is 12.9. The topological polar surface area (TPSA) is 59.2 Å². The van der Waals surface area contributed by atoms with Crippen molar-refractivity contribution in [2.24, 2.45) is 0 Å². The Hall–Kier alpha value is -2.17. The van der Waals surface area contributed by atoms with Crippen LogP contribution in [0.2, 0.25) is 0 Å². The van der Waals surface area contributed by atoms with E-state index in [0.29, 0.717) is 18.1 Å². The van der Waals surface area contributed by atoms with Crippen LogP contribution in [-0.2, 0) is 4.79 Å². The summed E-state index contributed by atoms with van der Waals surface area (Å²) in [7, 11) is 0. The van der Waals surface area contributed by atoms with Crippen molar-refractivity contribution < 1.29 is 9.32 Å². The molecule has 1 saturated heterocycles. The van der Waals surface area contributed by atoms with Gasteiger partial charge in [0.1, 0.15) is 6.04 Å². The Labute approximate surface area is 130 Å². The summed E-state index contributed by atoms with van der Waals surface area (Å²) in [6.45, 7) is 2.88. The van der Waals surface area contributed by atoms with Crippen LogP contribution in [0, 0.1) is 0 Å². The van der Waals surface area contributed by atoms with Crippen molar-refractivity contribution >= 4 is 5.91 Å². The molecule has 116 valence electrons. The molecule has 1 atom stereocenters. The molecule has 1 aromatic heterocycles. The minimum absolute atomic E-state index is 0.0608. The van der Waals surface area contributed by atoms with E-state index in [0.717, 1.165) is 37.8 Å². The quantitative estimate of drug-likeness (QED) is 0.846. The number of likely N-dealkylation sites (tertiary alicyclic amines) is 1. The molecule has 3 rings (SSSR count). The van der Waals surface area contributed by atoms with E-state index in [9.17, 15) is 4.79 Å². The molecule has 0 N–H and O–H groups in total. The van der Waals surface area contributed by atoms with Gasteiger partial charge in [0.15, 0.2) is 0 Å². The minimum Gasteiger partial charge on any atom is -0.337 e. The van der Waals surface area contributed by atoms with Crippen LogP contribution >= 0.6 is 0 Å². The van der Waals surface area contributed by atoms with Crippen LogP contribution in [-0.4, -0.2) is 27.5 Å². The lowest BCUT2D eigenvalue weighted by molar-refractivity contribution is -0.132. The van der Waals surface area contributed by atoms with Crippen LogP contribution < -0.4 is 0 Å². The van der Waals surface area contributed by atoms with Gasteiger partial charge in [-0.2, -0.15) is 4.98 Å². The first-order chi connectivity index (χ1) is 10.8. The number of rotatable bonds is 5. The number of nitrogens with zero attached hydrogens (tertiary/aromatic N) is 3. The van der Waals surface area contributed by atoms with Gasteiger partial charge in [0.2, 0.25) is 17.6 Å². The van der Waals surface area contributed by atoms with E-state index in [-0.39, 0.29) is 11.9 Å². The largest absolute Gasteiger partial charge is 0.337 e. The monoisotopic (exact) mass is 299 g/mol. The fourth-order valence-electron chi connectivity index (χ4n) is 2.87. The second-order valence-electron chi connectivity index (χ2n) is 5.67. The molecule has 2 aromatic rings. The van der Waals surface area contributed by atoms with Crippen molar-refractivity contribution in [1.82, 2.24) is 15.0 Å². The van der Waals surface area contributed by atoms with Crippen molar-refractivity contribution in [3.63, 3.8) is 0 Å². The number of unbranched alkanes of at least 4 members (excludes halogenated alkanes) is 1. The van der Waals surface area contributed by atoms with E-state index >= 15 is 0 Å². The van der Waals surface area contributed by atoms with E-state index < -0.39 is 0 Å². The highest BCUT2D eigenvalue weighted by molar-refractivity contribution is 5.76. The first-order valence-electron chi connectivity index (χ1n) is 7.98. The summed E-state index contributed by atoms with van der Waals surface area (Å²) in [5.74, 6) is 1.34. The first kappa shape index (κ1) is 14.8. The van der Waals surface area contributed by atoms with Gasteiger partial charge in [0.05, 0.1) is 0 Å². The summed E-state index contributed by atoms with van der Waals surface area (Å²) in [6, 6.07) is 9.69. The van der Waals surface area contributed by atoms with Crippen molar-refractivity contribution in [2.75, 3.05) is 6.54 Å². The summed E-state index contributed by atoms with van der Waals surface area (Å²) in [5, 5.41) is 4.06. The summed E-state index contributed by atoms with van der Waals surface area (Å²) in [6.07, 6.45) is 4.46. The predicted molar refractivity (Wildman–Crippen MR) is 82.9 cm³/mol. The van der Waals surface area contributed by atoms with Crippen molar-refractivity contribution in [3.8, 4) is 11.4 Å². The molecule has 1 aliphatic heterocycles. The fourth-order valence-corrected chi connectivity index (χ4v) is 2.87. The number of hydrogen-bond acceptors (Lipinski definition) is 4. The van der Waals surface area contributed by atoms with E-state index in [4.69, 9.17) is 4.52 Å². The highest BCUT2D eigenvalue weighted by Gasteiger charge is 2.33. The maximum Gasteiger partial charge on any atom is 0.249 e. The van der Waals surface area contributed by atoms with Crippen molar-refractivity contribution in [1.29, 1.82) is 0 Å². The van der Waals surface area contributed by atoms with Gasteiger partial charge in [-0.15, -0.1) is 0 Å². The maximum atomic E-state index is 12.3. The Morgan fingerprint density at radius 2 is 2.18 bits per heavy atom. The molecule has 1 amide bonds. The van der Waals surface area contributed by atoms with Gasteiger partial charge in [-0.25, -0.2) is 0 Å². The molecule has 2 heterocycles.